The van der Waals surface area contributed by atoms with Crippen LogP contribution >= 0.6 is 11.8 Å². The average Bonchev–Trinajstić information content (AvgIpc) is 2.91. The van der Waals surface area contributed by atoms with Crippen LogP contribution in [0.4, 0.5) is 11.4 Å². The molecule has 1 fully saturated rings. The molecule has 2 N–H and O–H groups in total. The van der Waals surface area contributed by atoms with Gasteiger partial charge >= 0.3 is 0 Å². The lowest BCUT2D eigenvalue weighted by Gasteiger charge is -2.28. The summed E-state index contributed by atoms with van der Waals surface area (Å²) in [5.74, 6) is 3.78. The molecule has 5 heteroatoms. The molecule has 0 bridgehead atoms. The smallest absolute Gasteiger partial charge is 0.162 e. The molecule has 0 spiro atoms. The number of ether oxygens (including phenoxy) is 2. The molecule has 1 aliphatic rings. The van der Waals surface area contributed by atoms with Crippen LogP contribution < -0.4 is 20.1 Å². The number of nitrogens with zero attached hydrogens (tertiary/aromatic N) is 1. The van der Waals surface area contributed by atoms with E-state index in [4.69, 9.17) is 15.2 Å². The SMILES string of the molecule is COc1cc(N)c(N(C)C2CCSC2)cc1OC. The maximum absolute atomic E-state index is 6.11. The molecule has 1 aromatic rings. The summed E-state index contributed by atoms with van der Waals surface area (Å²) in [4.78, 5) is 2.25. The second kappa shape index (κ2) is 5.61. The van der Waals surface area contributed by atoms with Crippen molar-refractivity contribution in [3.63, 3.8) is 0 Å². The van der Waals surface area contributed by atoms with Crippen molar-refractivity contribution in [3.8, 4) is 11.5 Å². The monoisotopic (exact) mass is 268 g/mol. The zero-order valence-corrected chi connectivity index (χ0v) is 11.9. The van der Waals surface area contributed by atoms with E-state index in [1.807, 2.05) is 23.9 Å². The largest absolute Gasteiger partial charge is 0.493 e. The van der Waals surface area contributed by atoms with Gasteiger partial charge in [-0.15, -0.1) is 0 Å². The first kappa shape index (κ1) is 13.2. The zero-order valence-electron chi connectivity index (χ0n) is 11.1. The van der Waals surface area contributed by atoms with Crippen LogP contribution in [-0.2, 0) is 0 Å². The van der Waals surface area contributed by atoms with Crippen molar-refractivity contribution in [2.24, 2.45) is 0 Å². The first-order chi connectivity index (χ1) is 8.67. The molecule has 1 atom stereocenters. The van der Waals surface area contributed by atoms with Crippen molar-refractivity contribution in [1.82, 2.24) is 0 Å². The van der Waals surface area contributed by atoms with Gasteiger partial charge in [-0.2, -0.15) is 11.8 Å². The topological polar surface area (TPSA) is 47.7 Å². The highest BCUT2D eigenvalue weighted by Gasteiger charge is 2.22. The van der Waals surface area contributed by atoms with Crippen LogP contribution in [0.25, 0.3) is 0 Å². The lowest BCUT2D eigenvalue weighted by molar-refractivity contribution is 0.355. The molecule has 2 rings (SSSR count). The number of rotatable bonds is 4. The van der Waals surface area contributed by atoms with Gasteiger partial charge in [-0.05, 0) is 12.2 Å². The Bertz CT molecular complexity index is 420. The van der Waals surface area contributed by atoms with Crippen LogP contribution in [0.5, 0.6) is 11.5 Å². The van der Waals surface area contributed by atoms with E-state index < -0.39 is 0 Å². The van der Waals surface area contributed by atoms with Crippen LogP contribution in [0.15, 0.2) is 12.1 Å². The van der Waals surface area contributed by atoms with E-state index in [9.17, 15) is 0 Å². The summed E-state index contributed by atoms with van der Waals surface area (Å²) in [7, 11) is 5.35. The van der Waals surface area contributed by atoms with Gasteiger partial charge in [0.05, 0.1) is 25.6 Å². The summed E-state index contributed by atoms with van der Waals surface area (Å²) < 4.78 is 10.6. The van der Waals surface area contributed by atoms with Crippen molar-refractivity contribution in [1.29, 1.82) is 0 Å². The van der Waals surface area contributed by atoms with Gasteiger partial charge in [0.15, 0.2) is 11.5 Å². The van der Waals surface area contributed by atoms with E-state index in [1.165, 1.54) is 12.2 Å². The Kier molecular flexibility index (Phi) is 4.11. The fourth-order valence-electron chi connectivity index (χ4n) is 2.21. The lowest BCUT2D eigenvalue weighted by Crippen LogP contribution is -2.31. The number of hydrogen-bond acceptors (Lipinski definition) is 5. The molecule has 100 valence electrons. The van der Waals surface area contributed by atoms with E-state index in [0.29, 0.717) is 11.8 Å². The van der Waals surface area contributed by atoms with Crippen LogP contribution in [-0.4, -0.2) is 38.8 Å². The van der Waals surface area contributed by atoms with Crippen LogP contribution in [0.1, 0.15) is 6.42 Å². The molecule has 0 aromatic heterocycles. The van der Waals surface area contributed by atoms with Gasteiger partial charge < -0.3 is 20.1 Å². The number of nitrogen functional groups attached to an aromatic ring is 1. The average molecular weight is 268 g/mol. The Morgan fingerprint density at radius 1 is 1.28 bits per heavy atom. The third kappa shape index (κ3) is 2.46. The molecule has 0 radical (unpaired) electrons. The van der Waals surface area contributed by atoms with Gasteiger partial charge in [0, 0.05) is 31.0 Å². The first-order valence-corrected chi connectivity index (χ1v) is 7.15. The van der Waals surface area contributed by atoms with E-state index in [2.05, 4.69) is 11.9 Å². The van der Waals surface area contributed by atoms with Crippen molar-refractivity contribution in [2.45, 2.75) is 12.5 Å². The first-order valence-electron chi connectivity index (χ1n) is 5.99. The molecule has 0 aliphatic carbocycles. The van der Waals surface area contributed by atoms with E-state index in [-0.39, 0.29) is 0 Å². The Morgan fingerprint density at radius 2 is 1.94 bits per heavy atom. The van der Waals surface area contributed by atoms with Crippen molar-refractivity contribution in [3.05, 3.63) is 12.1 Å². The molecular formula is C13H20N2O2S. The van der Waals surface area contributed by atoms with Gasteiger partial charge in [-0.3, -0.25) is 0 Å². The fraction of sp³-hybridized carbons (Fsp3) is 0.538. The summed E-state index contributed by atoms with van der Waals surface area (Å²) in [5, 5.41) is 0. The normalized spacial score (nSPS) is 18.7. The number of anilines is 2. The summed E-state index contributed by atoms with van der Waals surface area (Å²) in [6.07, 6.45) is 1.20. The molecule has 0 saturated carbocycles. The van der Waals surface area contributed by atoms with Gasteiger partial charge in [-0.25, -0.2) is 0 Å². The lowest BCUT2D eigenvalue weighted by atomic mass is 10.1. The minimum Gasteiger partial charge on any atom is -0.493 e. The van der Waals surface area contributed by atoms with Gasteiger partial charge in [0.1, 0.15) is 0 Å². The highest BCUT2D eigenvalue weighted by atomic mass is 32.2. The van der Waals surface area contributed by atoms with Crippen molar-refractivity contribution >= 4 is 23.1 Å². The van der Waals surface area contributed by atoms with Gasteiger partial charge in [0.25, 0.3) is 0 Å². The van der Waals surface area contributed by atoms with Gasteiger partial charge in [0.2, 0.25) is 0 Å². The van der Waals surface area contributed by atoms with E-state index in [0.717, 1.165) is 22.9 Å². The number of thioether (sulfide) groups is 1. The van der Waals surface area contributed by atoms with Crippen LogP contribution in [0.3, 0.4) is 0 Å². The highest BCUT2D eigenvalue weighted by Crippen LogP contribution is 2.38. The van der Waals surface area contributed by atoms with Crippen LogP contribution in [0, 0.1) is 0 Å². The number of nitrogens with two attached hydrogens (primary N) is 1. The molecule has 1 heterocycles. The molecule has 1 aliphatic heterocycles. The Labute approximate surface area is 112 Å². The maximum atomic E-state index is 6.11. The predicted molar refractivity (Wildman–Crippen MR) is 78.1 cm³/mol. The summed E-state index contributed by atoms with van der Waals surface area (Å²) in [6.45, 7) is 0. The summed E-state index contributed by atoms with van der Waals surface area (Å²) in [5.41, 5.74) is 7.85. The standard InChI is InChI=1S/C13H20N2O2S/c1-15(9-4-5-18-8-9)11-7-13(17-3)12(16-2)6-10(11)14/h6-7,9H,4-5,8,14H2,1-3H3. The second-order valence-corrected chi connectivity index (χ2v) is 5.54. The number of hydrogen-bond donors (Lipinski definition) is 1. The molecule has 18 heavy (non-hydrogen) atoms. The minimum absolute atomic E-state index is 0.551. The second-order valence-electron chi connectivity index (χ2n) is 4.39. The molecular weight excluding hydrogens is 248 g/mol. The number of methoxy groups -OCH3 is 2. The quantitative estimate of drug-likeness (QED) is 0.849. The third-order valence-corrected chi connectivity index (χ3v) is 4.51. The van der Waals surface area contributed by atoms with Crippen LogP contribution in [0.2, 0.25) is 0 Å². The summed E-state index contributed by atoms with van der Waals surface area (Å²) in [6, 6.07) is 4.33. The van der Waals surface area contributed by atoms with Crippen molar-refractivity contribution in [2.75, 3.05) is 43.4 Å². The van der Waals surface area contributed by atoms with E-state index in [1.54, 1.807) is 14.2 Å². The molecule has 1 saturated heterocycles. The Morgan fingerprint density at radius 3 is 2.50 bits per heavy atom. The molecule has 1 aromatic carbocycles. The predicted octanol–water partition coefficient (Wildman–Crippen LogP) is 2.23. The summed E-state index contributed by atoms with van der Waals surface area (Å²) >= 11 is 1.99. The highest BCUT2D eigenvalue weighted by molar-refractivity contribution is 7.99. The molecule has 4 nitrogen and oxygen atoms in total. The van der Waals surface area contributed by atoms with Crippen molar-refractivity contribution < 1.29 is 9.47 Å². The number of benzene rings is 1. The Balaban J connectivity index is 2.31. The molecule has 1 unspecified atom stereocenters. The fourth-order valence-corrected chi connectivity index (χ4v) is 3.48. The minimum atomic E-state index is 0.551. The maximum Gasteiger partial charge on any atom is 0.162 e. The van der Waals surface area contributed by atoms with E-state index >= 15 is 0 Å². The third-order valence-electron chi connectivity index (χ3n) is 3.37. The zero-order chi connectivity index (χ0) is 13.1. The van der Waals surface area contributed by atoms with Gasteiger partial charge in [-0.1, -0.05) is 0 Å². The Hall–Kier alpha value is -1.23. The molecule has 0 amide bonds.